The van der Waals surface area contributed by atoms with Crippen molar-refractivity contribution in [2.75, 3.05) is 19.6 Å². The Hall–Kier alpha value is -0.380. The van der Waals surface area contributed by atoms with Crippen LogP contribution in [0.15, 0.2) is 11.4 Å². The second-order valence-electron chi connectivity index (χ2n) is 7.34. The van der Waals surface area contributed by atoms with Crippen LogP contribution >= 0.6 is 11.3 Å². The van der Waals surface area contributed by atoms with Crippen LogP contribution in [0.4, 0.5) is 0 Å². The Balaban J connectivity index is 1.63. The summed E-state index contributed by atoms with van der Waals surface area (Å²) in [6, 6.07) is 2.41. The lowest BCUT2D eigenvalue weighted by Crippen LogP contribution is -3.17. The molecule has 108 valence electrons. The van der Waals surface area contributed by atoms with Gasteiger partial charge < -0.3 is 9.64 Å². The fraction of sp³-hybridized carbons (Fsp3) is 0.765. The van der Waals surface area contributed by atoms with E-state index in [2.05, 4.69) is 11.4 Å². The molecule has 0 radical (unpaired) electrons. The zero-order chi connectivity index (χ0) is 13.2. The van der Waals surface area contributed by atoms with Gasteiger partial charge in [-0.3, -0.25) is 0 Å². The molecule has 2 bridgehead atoms. The second kappa shape index (κ2) is 4.31. The molecule has 4 fully saturated rings. The van der Waals surface area contributed by atoms with Crippen molar-refractivity contribution in [2.24, 2.45) is 5.92 Å². The van der Waals surface area contributed by atoms with Crippen molar-refractivity contribution in [3.05, 3.63) is 21.9 Å². The van der Waals surface area contributed by atoms with E-state index in [0.29, 0.717) is 6.10 Å². The van der Waals surface area contributed by atoms with Gasteiger partial charge in [0, 0.05) is 35.1 Å². The molecule has 1 N–H and O–H groups in total. The number of ether oxygens (including phenoxy) is 1. The largest absolute Gasteiger partial charge is 0.360 e. The number of nitrogens with one attached hydrogen (secondary N) is 1. The Kier molecular flexibility index (Phi) is 2.63. The van der Waals surface area contributed by atoms with Crippen molar-refractivity contribution >= 4 is 11.3 Å². The average Bonchev–Trinajstić information content (AvgIpc) is 2.99. The first kappa shape index (κ1) is 12.2. The molecule has 6 rings (SSSR count). The lowest BCUT2D eigenvalue weighted by atomic mass is 9.67. The first-order valence-corrected chi connectivity index (χ1v) is 9.34. The quantitative estimate of drug-likeness (QED) is 0.774. The minimum atomic E-state index is 0.0969. The Morgan fingerprint density at radius 3 is 2.80 bits per heavy atom. The third kappa shape index (κ3) is 1.52. The highest BCUT2D eigenvalue weighted by Gasteiger charge is 2.57. The van der Waals surface area contributed by atoms with Gasteiger partial charge in [0.2, 0.25) is 0 Å². The monoisotopic (exact) mass is 290 g/mol. The molecule has 1 spiro atoms. The van der Waals surface area contributed by atoms with Crippen LogP contribution < -0.4 is 4.90 Å². The molecular formula is C17H24NOS+. The van der Waals surface area contributed by atoms with Gasteiger partial charge in [-0.25, -0.2) is 0 Å². The van der Waals surface area contributed by atoms with Crippen molar-refractivity contribution in [2.45, 2.75) is 56.1 Å². The molecule has 1 aromatic rings. The molecule has 0 amide bonds. The van der Waals surface area contributed by atoms with Crippen molar-refractivity contribution in [1.82, 2.24) is 0 Å². The summed E-state index contributed by atoms with van der Waals surface area (Å²) in [6.07, 6.45) is 8.70. The van der Waals surface area contributed by atoms with Gasteiger partial charge in [0.15, 0.2) is 0 Å². The van der Waals surface area contributed by atoms with Gasteiger partial charge in [-0.15, -0.1) is 11.3 Å². The third-order valence-corrected chi connectivity index (χ3v) is 7.47. The summed E-state index contributed by atoms with van der Waals surface area (Å²) < 4.78 is 6.92. The number of hydrogen-bond acceptors (Lipinski definition) is 2. The Bertz CT molecular complexity index is 519. The van der Waals surface area contributed by atoms with Crippen LogP contribution in [0, 0.1) is 5.92 Å². The average molecular weight is 290 g/mol. The summed E-state index contributed by atoms with van der Waals surface area (Å²) in [7, 11) is 0. The van der Waals surface area contributed by atoms with Gasteiger partial charge in [0.05, 0.1) is 19.2 Å². The normalized spacial score (nSPS) is 46.2. The van der Waals surface area contributed by atoms with Crippen LogP contribution in [-0.4, -0.2) is 25.7 Å². The van der Waals surface area contributed by atoms with Gasteiger partial charge in [-0.1, -0.05) is 12.8 Å². The summed E-state index contributed by atoms with van der Waals surface area (Å²) in [5, 5.41) is 2.33. The van der Waals surface area contributed by atoms with E-state index in [4.69, 9.17) is 4.74 Å². The van der Waals surface area contributed by atoms with Crippen molar-refractivity contribution < 1.29 is 9.64 Å². The molecule has 5 aliphatic rings. The van der Waals surface area contributed by atoms with Crippen LogP contribution in [0.5, 0.6) is 0 Å². The summed E-state index contributed by atoms with van der Waals surface area (Å²) in [6.45, 7) is 4.00. The second-order valence-corrected chi connectivity index (χ2v) is 8.28. The van der Waals surface area contributed by atoms with E-state index in [1.807, 2.05) is 11.3 Å². The highest BCUT2D eigenvalue weighted by atomic mass is 32.1. The summed E-state index contributed by atoms with van der Waals surface area (Å²) in [5.41, 5.74) is 1.70. The third-order valence-electron chi connectivity index (χ3n) is 6.42. The van der Waals surface area contributed by atoms with E-state index in [-0.39, 0.29) is 5.60 Å². The molecule has 5 heterocycles. The maximum Gasteiger partial charge on any atom is 0.146 e. The first-order chi connectivity index (χ1) is 9.87. The first-order valence-electron chi connectivity index (χ1n) is 8.46. The number of rotatable bonds is 0. The van der Waals surface area contributed by atoms with E-state index in [0.717, 1.165) is 11.8 Å². The summed E-state index contributed by atoms with van der Waals surface area (Å²) in [5.74, 6) is 1.51. The van der Waals surface area contributed by atoms with Crippen molar-refractivity contribution in [3.63, 3.8) is 0 Å². The van der Waals surface area contributed by atoms with Crippen LogP contribution in [-0.2, 0) is 10.3 Å². The van der Waals surface area contributed by atoms with E-state index in [9.17, 15) is 0 Å². The highest BCUT2D eigenvalue weighted by Crippen LogP contribution is 2.53. The van der Waals surface area contributed by atoms with Crippen LogP contribution in [0.25, 0.3) is 0 Å². The molecular weight excluding hydrogens is 266 g/mol. The van der Waals surface area contributed by atoms with E-state index in [1.54, 1.807) is 15.3 Å². The van der Waals surface area contributed by atoms with Crippen LogP contribution in [0.2, 0.25) is 0 Å². The fourth-order valence-electron chi connectivity index (χ4n) is 5.47. The zero-order valence-electron chi connectivity index (χ0n) is 12.1. The molecule has 3 atom stereocenters. The molecule has 0 unspecified atom stereocenters. The number of piperidine rings is 3. The highest BCUT2D eigenvalue weighted by molar-refractivity contribution is 7.10. The molecule has 1 aliphatic carbocycles. The SMILES string of the molecule is c1cc2c(s1)[C@@H]1CCCC[C@@H]1O[C@@]21C[NH+]2CCC1CC2. The van der Waals surface area contributed by atoms with Crippen molar-refractivity contribution in [3.8, 4) is 0 Å². The van der Waals surface area contributed by atoms with Gasteiger partial charge >= 0.3 is 0 Å². The molecule has 3 heteroatoms. The van der Waals surface area contributed by atoms with Gasteiger partial charge in [-0.05, 0) is 24.3 Å². The fourth-order valence-corrected chi connectivity index (χ4v) is 6.63. The lowest BCUT2D eigenvalue weighted by molar-refractivity contribution is -0.927. The Labute approximate surface area is 125 Å². The number of thiophene rings is 1. The van der Waals surface area contributed by atoms with E-state index >= 15 is 0 Å². The van der Waals surface area contributed by atoms with Crippen LogP contribution in [0.3, 0.4) is 0 Å². The van der Waals surface area contributed by atoms with Gasteiger partial charge in [0.25, 0.3) is 0 Å². The number of hydrogen-bond donors (Lipinski definition) is 1. The topological polar surface area (TPSA) is 13.7 Å². The standard InChI is InChI=1S/C17H23NOS/c1-2-4-15-13(3-1)16-14(7-10-20-16)17(19-15)11-18-8-5-12(17)6-9-18/h7,10,12-13,15H,1-6,8-9,11H2/p+1/t13-,15+,17-/m1/s1. The molecule has 0 aromatic carbocycles. The molecule has 3 saturated heterocycles. The van der Waals surface area contributed by atoms with E-state index in [1.165, 1.54) is 58.2 Å². The lowest BCUT2D eigenvalue weighted by Gasteiger charge is -2.55. The number of fused-ring (bicyclic) bond motifs is 5. The van der Waals surface area contributed by atoms with E-state index < -0.39 is 0 Å². The molecule has 1 aromatic heterocycles. The maximum absolute atomic E-state index is 6.92. The molecule has 1 saturated carbocycles. The number of quaternary nitrogens is 1. The molecule has 20 heavy (non-hydrogen) atoms. The minimum Gasteiger partial charge on any atom is -0.360 e. The maximum atomic E-state index is 6.92. The van der Waals surface area contributed by atoms with Crippen LogP contribution in [0.1, 0.15) is 54.9 Å². The molecule has 4 aliphatic heterocycles. The Morgan fingerprint density at radius 2 is 2.00 bits per heavy atom. The smallest absolute Gasteiger partial charge is 0.146 e. The summed E-state index contributed by atoms with van der Waals surface area (Å²) >= 11 is 2.02. The predicted octanol–water partition coefficient (Wildman–Crippen LogP) is 2.31. The zero-order valence-corrected chi connectivity index (χ0v) is 12.9. The predicted molar refractivity (Wildman–Crippen MR) is 80.4 cm³/mol. The minimum absolute atomic E-state index is 0.0969. The van der Waals surface area contributed by atoms with Crippen molar-refractivity contribution in [1.29, 1.82) is 0 Å². The van der Waals surface area contributed by atoms with Gasteiger partial charge in [0.1, 0.15) is 12.1 Å². The molecule has 2 nitrogen and oxygen atoms in total. The van der Waals surface area contributed by atoms with Gasteiger partial charge in [-0.2, -0.15) is 0 Å². The summed E-state index contributed by atoms with van der Waals surface area (Å²) in [4.78, 5) is 3.49. The Morgan fingerprint density at radius 1 is 1.15 bits per heavy atom.